The number of hydrogen-bond donors (Lipinski definition) is 0. The van der Waals surface area contributed by atoms with Crippen molar-refractivity contribution in [1.82, 2.24) is 14.1 Å². The number of imidazole rings is 1. The molecule has 0 unspecified atom stereocenters. The zero-order valence-corrected chi connectivity index (χ0v) is 41.5. The summed E-state index contributed by atoms with van der Waals surface area (Å²) < 4.78 is 102. The topological polar surface area (TPSA) is 35.9 Å². The summed E-state index contributed by atoms with van der Waals surface area (Å²) in [5.74, 6) is 1.88. The van der Waals surface area contributed by atoms with Crippen LogP contribution in [0.15, 0.2) is 200 Å². The second kappa shape index (κ2) is 17.4. The van der Waals surface area contributed by atoms with E-state index in [0.717, 1.165) is 55.4 Å². The molecule has 0 radical (unpaired) electrons. The minimum atomic E-state index is -0.572. The summed E-state index contributed by atoms with van der Waals surface area (Å²) in [5.41, 5.74) is 8.50. The summed E-state index contributed by atoms with van der Waals surface area (Å²) in [6.07, 6.45) is 5.49. The maximum Gasteiger partial charge on any atom is 0.269 e. The van der Waals surface area contributed by atoms with Crippen molar-refractivity contribution >= 4 is 32.8 Å². The van der Waals surface area contributed by atoms with E-state index in [9.17, 15) is 5.48 Å². The van der Waals surface area contributed by atoms with Gasteiger partial charge >= 0.3 is 0 Å². The molecule has 11 rings (SSSR count). The Balaban J connectivity index is 1.19. The van der Waals surface area contributed by atoms with Crippen LogP contribution in [0.1, 0.15) is 92.7 Å². The van der Waals surface area contributed by atoms with Gasteiger partial charge in [0.05, 0.1) is 47.1 Å². The molecule has 350 valence electrons. The number of aromatic nitrogens is 4. The number of rotatable bonds is 8. The van der Waals surface area contributed by atoms with Gasteiger partial charge in [-0.2, -0.15) is 0 Å². The molecule has 0 N–H and O–H groups in total. The third-order valence-electron chi connectivity index (χ3n) is 13.3. The molecule has 71 heavy (non-hydrogen) atoms. The lowest BCUT2D eigenvalue weighted by atomic mass is 9.79. The number of benzene rings is 8. The van der Waals surface area contributed by atoms with Crippen molar-refractivity contribution in [2.45, 2.75) is 78.6 Å². The summed E-state index contributed by atoms with van der Waals surface area (Å²) in [6, 6.07) is 38.3. The summed E-state index contributed by atoms with van der Waals surface area (Å²) in [4.78, 5) is 4.88. The summed E-state index contributed by atoms with van der Waals surface area (Å²) in [5, 5.41) is 2.12. The molecule has 0 amide bonds. The van der Waals surface area contributed by atoms with Gasteiger partial charge in [0.25, 0.3) is 6.33 Å². The Bertz CT molecular complexity index is 4230. The van der Waals surface area contributed by atoms with E-state index in [-0.39, 0.29) is 44.2 Å². The summed E-state index contributed by atoms with van der Waals surface area (Å²) in [6.45, 7) is 19.7. The Kier molecular flexibility index (Phi) is 8.63. The molecule has 0 spiro atoms. The Morgan fingerprint density at radius 2 is 1.10 bits per heavy atom. The van der Waals surface area contributed by atoms with Crippen LogP contribution in [0.3, 0.4) is 0 Å². The van der Waals surface area contributed by atoms with Gasteiger partial charge in [-0.1, -0.05) is 202 Å². The van der Waals surface area contributed by atoms with Gasteiger partial charge in [-0.25, -0.2) is 4.98 Å². The quantitative estimate of drug-likeness (QED) is 0.112. The minimum Gasteiger partial charge on any atom is -0.458 e. The lowest BCUT2D eigenvalue weighted by Gasteiger charge is -2.26. The molecule has 0 atom stereocenters. The van der Waals surface area contributed by atoms with E-state index >= 15 is 0 Å². The van der Waals surface area contributed by atoms with Crippen molar-refractivity contribution in [2.24, 2.45) is 0 Å². The first-order chi connectivity index (χ1) is 38.2. The number of para-hydroxylation sites is 3. The van der Waals surface area contributed by atoms with E-state index in [1.165, 1.54) is 0 Å². The van der Waals surface area contributed by atoms with E-state index in [1.54, 1.807) is 22.8 Å². The molecule has 5 heteroatoms. The Morgan fingerprint density at radius 1 is 0.507 bits per heavy atom. The molecule has 3 heterocycles. The molecule has 5 nitrogen and oxygen atoms in total. The van der Waals surface area contributed by atoms with Gasteiger partial charge in [-0.05, 0) is 115 Å². The van der Waals surface area contributed by atoms with Gasteiger partial charge in [0, 0.05) is 23.0 Å². The molecular weight excluding hydrogens is 865 g/mol. The number of ether oxygens (including phenoxy) is 1. The number of pyridine rings is 1. The molecule has 11 aromatic rings. The fourth-order valence-corrected chi connectivity index (χ4v) is 9.44. The fourth-order valence-electron chi connectivity index (χ4n) is 9.44. The van der Waals surface area contributed by atoms with Gasteiger partial charge in [-0.15, -0.1) is 0 Å². The molecule has 0 aliphatic rings. The Labute approximate surface area is 432 Å². The first-order valence-corrected chi connectivity index (χ1v) is 24.0. The van der Waals surface area contributed by atoms with E-state index in [1.807, 2.05) is 77.5 Å². The van der Waals surface area contributed by atoms with Crippen LogP contribution in [0, 0.1) is 6.33 Å². The molecule has 0 aliphatic carbocycles. The van der Waals surface area contributed by atoms with Gasteiger partial charge in [0.15, 0.2) is 0 Å². The lowest BCUT2D eigenvalue weighted by Crippen LogP contribution is -2.31. The van der Waals surface area contributed by atoms with E-state index in [2.05, 4.69) is 122 Å². The minimum absolute atomic E-state index is 0.107. The Morgan fingerprint density at radius 3 is 1.76 bits per heavy atom. The van der Waals surface area contributed by atoms with E-state index in [0.29, 0.717) is 28.2 Å². The smallest absolute Gasteiger partial charge is 0.269 e. The van der Waals surface area contributed by atoms with E-state index in [4.69, 9.17) is 17.9 Å². The Hall–Kier alpha value is -8.02. The van der Waals surface area contributed by atoms with E-state index < -0.39 is 60.4 Å². The largest absolute Gasteiger partial charge is 0.458 e. The maximum atomic E-state index is 9.28. The van der Waals surface area contributed by atoms with Crippen LogP contribution < -0.4 is 9.30 Å². The highest BCUT2D eigenvalue weighted by Gasteiger charge is 2.26. The average molecular weight is 935 g/mol. The highest BCUT2D eigenvalue weighted by molar-refractivity contribution is 6.09. The van der Waals surface area contributed by atoms with Crippen molar-refractivity contribution in [3.8, 4) is 62.1 Å². The van der Waals surface area contributed by atoms with Gasteiger partial charge in [0.2, 0.25) is 0 Å². The average Bonchev–Trinajstić information content (AvgIpc) is 4.24. The number of nitrogens with zero attached hydrogens (tertiary/aromatic N) is 4. The van der Waals surface area contributed by atoms with Crippen LogP contribution >= 0.6 is 0 Å². The van der Waals surface area contributed by atoms with Crippen molar-refractivity contribution in [1.29, 1.82) is 0 Å². The molecule has 0 saturated heterocycles. The van der Waals surface area contributed by atoms with Crippen LogP contribution in [0.5, 0.6) is 11.5 Å². The normalized spacial score (nSPS) is 14.3. The summed E-state index contributed by atoms with van der Waals surface area (Å²) in [7, 11) is 0. The molecule has 8 aromatic carbocycles. The SMILES string of the molecule is [2H]c1c([2H])c([2H])c(-c2cccc(-c3c([2H])c([2H])c([2H])c([2H])c3[2H])c2-[n+]2[c-]n(-c3cccc(Oc4ccc5c6ccccc6n(-c6cc(C(C)(C)C)ccn6)c5c4)c3)c3c(-c4cc(C(C)(C)C)cc(C(C)(C)C)c4)cccc32)c([2H])c1[2H]. The van der Waals surface area contributed by atoms with Crippen LogP contribution in [-0.4, -0.2) is 14.1 Å². The molecular formula is C66H60N4O. The standard InChI is InChI=1S/C66H60N4O/c1-64(2,3)47-35-36-67-61(40-47)70-58-31-17-16-27-56(58)57-34-33-52(42-60(57)70)71-51-26-18-25-50(41-51)68-43-69(62-53(44-21-12-10-13-22-44)28-19-29-54(62)45-23-14-11-15-24-45)59-32-20-30-55(63(59)68)46-37-48(65(4,5)6)39-49(38-46)66(7,8)9/h10-42H,1-9H3/i10D,11D,12D,13D,14D,15D,21D,22D,23D,24D. The van der Waals surface area contributed by atoms with Gasteiger partial charge < -0.3 is 4.74 Å². The third-order valence-corrected chi connectivity index (χ3v) is 13.3. The van der Waals surface area contributed by atoms with Crippen molar-refractivity contribution in [3.63, 3.8) is 0 Å². The predicted molar refractivity (Wildman–Crippen MR) is 295 cm³/mol. The van der Waals surface area contributed by atoms with Crippen molar-refractivity contribution < 1.29 is 23.0 Å². The highest BCUT2D eigenvalue weighted by atomic mass is 16.5. The second-order valence-corrected chi connectivity index (χ2v) is 21.2. The maximum absolute atomic E-state index is 9.28. The fraction of sp³-hybridized carbons (Fsp3) is 0.182. The third kappa shape index (κ3) is 8.50. The van der Waals surface area contributed by atoms with Crippen molar-refractivity contribution in [2.75, 3.05) is 0 Å². The summed E-state index contributed by atoms with van der Waals surface area (Å²) >= 11 is 0. The molecule has 0 saturated carbocycles. The van der Waals surface area contributed by atoms with Crippen LogP contribution in [0.25, 0.3) is 83.4 Å². The first-order valence-electron chi connectivity index (χ1n) is 29.0. The van der Waals surface area contributed by atoms with Crippen LogP contribution in [0.2, 0.25) is 0 Å². The van der Waals surface area contributed by atoms with Crippen molar-refractivity contribution in [3.05, 3.63) is 223 Å². The van der Waals surface area contributed by atoms with Crippen LogP contribution in [0.4, 0.5) is 0 Å². The monoisotopic (exact) mass is 935 g/mol. The number of hydrogen-bond acceptors (Lipinski definition) is 2. The molecule has 3 aromatic heterocycles. The zero-order chi connectivity index (χ0) is 57.9. The number of fused-ring (bicyclic) bond motifs is 4. The molecule has 0 aliphatic heterocycles. The molecule has 0 bridgehead atoms. The molecule has 0 fully saturated rings. The van der Waals surface area contributed by atoms with Crippen LogP contribution in [-0.2, 0) is 16.2 Å². The predicted octanol–water partition coefficient (Wildman–Crippen LogP) is 16.9. The first kappa shape index (κ1) is 35.1. The highest BCUT2D eigenvalue weighted by Crippen LogP contribution is 2.41. The van der Waals surface area contributed by atoms with Gasteiger partial charge in [-0.3, -0.25) is 13.7 Å². The zero-order valence-electron chi connectivity index (χ0n) is 51.5. The van der Waals surface area contributed by atoms with Gasteiger partial charge in [0.1, 0.15) is 17.3 Å². The lowest BCUT2D eigenvalue weighted by molar-refractivity contribution is -0.571. The second-order valence-electron chi connectivity index (χ2n) is 21.2.